The maximum absolute atomic E-state index is 14.2. The maximum atomic E-state index is 14.2. The summed E-state index contributed by atoms with van der Waals surface area (Å²) in [6.07, 6.45) is -2.09. The van der Waals surface area contributed by atoms with Crippen LogP contribution in [-0.4, -0.2) is 81.3 Å². The fourth-order valence-corrected chi connectivity index (χ4v) is 7.93. The van der Waals surface area contributed by atoms with Crippen LogP contribution >= 0.6 is 11.6 Å². The largest absolute Gasteiger partial charge is 0.461 e. The summed E-state index contributed by atoms with van der Waals surface area (Å²) in [5.41, 5.74) is 7.47. The molecule has 49 heavy (non-hydrogen) atoms. The maximum Gasteiger partial charge on any atom is 0.418 e. The summed E-state index contributed by atoms with van der Waals surface area (Å²) in [5.74, 6) is 0.325. The molecule has 0 radical (unpaired) electrons. The van der Waals surface area contributed by atoms with E-state index in [2.05, 4.69) is 10.00 Å². The normalized spacial score (nSPS) is 23.3. The van der Waals surface area contributed by atoms with Gasteiger partial charge in [0, 0.05) is 51.4 Å². The number of carbonyl (C=O) groups excluding carboxylic acids is 1. The second kappa shape index (κ2) is 12.7. The average Bonchev–Trinajstić information content (AvgIpc) is 3.69. The van der Waals surface area contributed by atoms with Gasteiger partial charge in [-0.05, 0) is 61.6 Å². The second-order valence-corrected chi connectivity index (χ2v) is 13.8. The van der Waals surface area contributed by atoms with E-state index in [1.807, 2.05) is 9.58 Å². The van der Waals surface area contributed by atoms with Gasteiger partial charge < -0.3 is 25.0 Å². The fourth-order valence-electron chi connectivity index (χ4n) is 7.59. The highest BCUT2D eigenvalue weighted by atomic mass is 35.5. The minimum atomic E-state index is -4.74. The summed E-state index contributed by atoms with van der Waals surface area (Å²) >= 11 is 6.08. The number of anilines is 2. The van der Waals surface area contributed by atoms with E-state index in [-0.39, 0.29) is 48.3 Å². The number of halogens is 5. The molecule has 0 saturated carbocycles. The molecule has 0 spiro atoms. The highest BCUT2D eigenvalue weighted by Crippen LogP contribution is 2.45. The minimum Gasteiger partial charge on any atom is -0.461 e. The zero-order valence-electron chi connectivity index (χ0n) is 27.2. The summed E-state index contributed by atoms with van der Waals surface area (Å²) in [5, 5.41) is 4.03. The monoisotopic (exact) mass is 704 g/mol. The first-order valence-electron chi connectivity index (χ1n) is 16.2. The van der Waals surface area contributed by atoms with Crippen molar-refractivity contribution in [2.75, 3.05) is 51.0 Å². The Morgan fingerprint density at radius 2 is 2.00 bits per heavy atom. The molecule has 4 aliphatic heterocycles. The highest BCUT2D eigenvalue weighted by Gasteiger charge is 2.47. The Bertz CT molecular complexity index is 1810. The lowest BCUT2D eigenvalue weighted by Gasteiger charge is -2.33. The number of amides is 1. The Labute approximate surface area is 285 Å². The lowest BCUT2D eigenvalue weighted by molar-refractivity contribution is -0.139. The van der Waals surface area contributed by atoms with E-state index >= 15 is 0 Å². The minimum absolute atomic E-state index is 0.0106. The summed E-state index contributed by atoms with van der Waals surface area (Å²) in [6.45, 7) is 3.07. The predicted octanol–water partition coefficient (Wildman–Crippen LogP) is 5.32. The molecular weight excluding hydrogens is 668 g/mol. The van der Waals surface area contributed by atoms with Crippen LogP contribution in [0.15, 0.2) is 30.1 Å². The third kappa shape index (κ3) is 6.32. The van der Waals surface area contributed by atoms with Crippen LogP contribution in [0.2, 0.25) is 5.02 Å². The van der Waals surface area contributed by atoms with E-state index < -0.39 is 22.9 Å². The van der Waals surface area contributed by atoms with Crippen molar-refractivity contribution in [3.05, 3.63) is 68.9 Å². The summed E-state index contributed by atoms with van der Waals surface area (Å²) in [6, 6.07) is 4.17. The average molecular weight is 705 g/mol. The molecular formula is C33H37ClF4N8O3. The molecule has 2 fully saturated rings. The van der Waals surface area contributed by atoms with E-state index in [0.717, 1.165) is 31.1 Å². The number of hydrogen-bond acceptors (Lipinski definition) is 9. The molecule has 2 atom stereocenters. The number of aromatic nitrogens is 4. The van der Waals surface area contributed by atoms with E-state index in [4.69, 9.17) is 36.8 Å². The summed E-state index contributed by atoms with van der Waals surface area (Å²) in [7, 11) is 3.34. The number of ether oxygens (including phenoxy) is 2. The van der Waals surface area contributed by atoms with Gasteiger partial charge in [0.25, 0.3) is 5.91 Å². The van der Waals surface area contributed by atoms with Crippen molar-refractivity contribution in [2.24, 2.45) is 0 Å². The van der Waals surface area contributed by atoms with Crippen LogP contribution in [0, 0.1) is 0 Å². The Kier molecular flexibility index (Phi) is 8.72. The number of carbonyl (C=O) groups is 1. The van der Waals surface area contributed by atoms with Crippen molar-refractivity contribution < 1.29 is 31.8 Å². The van der Waals surface area contributed by atoms with Crippen LogP contribution in [0.3, 0.4) is 0 Å². The molecule has 1 amide bonds. The van der Waals surface area contributed by atoms with E-state index in [1.165, 1.54) is 11.0 Å². The zero-order valence-corrected chi connectivity index (χ0v) is 28.0. The van der Waals surface area contributed by atoms with Gasteiger partial charge in [0.15, 0.2) is 5.69 Å². The molecule has 0 bridgehead atoms. The third-order valence-electron chi connectivity index (χ3n) is 9.89. The first kappa shape index (κ1) is 33.5. The lowest BCUT2D eigenvalue weighted by Crippen LogP contribution is -2.43. The number of nitrogen functional groups attached to an aromatic ring is 1. The summed E-state index contributed by atoms with van der Waals surface area (Å²) in [4.78, 5) is 28.0. The highest BCUT2D eigenvalue weighted by molar-refractivity contribution is 6.31. The lowest BCUT2D eigenvalue weighted by atomic mass is 9.94. The number of nitrogens with two attached hydrogens (primary N) is 1. The van der Waals surface area contributed by atoms with Crippen molar-refractivity contribution in [1.29, 1.82) is 0 Å². The van der Waals surface area contributed by atoms with Crippen LogP contribution in [0.5, 0.6) is 6.01 Å². The molecule has 3 aromatic rings. The standard InChI is InChI=1S/C33H37ClF4N8O3/c1-43(2)30(47)26-11-21-16-44(6-4-8-46(21)42-26)29-23-17-48-27(22-9-20(39)10-24(34)28(22)33(36,37)38)12-25(23)40-31(41-29)49-18-32-5-3-7-45(32)15-19(13-32)14-35/h9-11,14,27H,3-8,12-13,15-18,39H2,1-2H3/b19-14-/t27?,32-/m0/s1. The van der Waals surface area contributed by atoms with E-state index in [9.17, 15) is 22.4 Å². The molecule has 4 aliphatic rings. The van der Waals surface area contributed by atoms with Gasteiger partial charge in [0.2, 0.25) is 0 Å². The van der Waals surface area contributed by atoms with Crippen molar-refractivity contribution in [3.8, 4) is 6.01 Å². The SMILES string of the molecule is CN(C)C(=O)c1cc2n(n1)CCCN(c1nc(OC[C@@]34CCCN3C/C(=C\F)C4)nc3c1COC(c1cc(N)cc(Cl)c1C(F)(F)F)C3)C2. The van der Waals surface area contributed by atoms with E-state index in [1.54, 1.807) is 20.2 Å². The predicted molar refractivity (Wildman–Crippen MR) is 173 cm³/mol. The quantitative estimate of drug-likeness (QED) is 0.269. The first-order valence-corrected chi connectivity index (χ1v) is 16.6. The smallest absolute Gasteiger partial charge is 0.418 e. The Morgan fingerprint density at radius 1 is 1.18 bits per heavy atom. The molecule has 16 heteroatoms. The van der Waals surface area contributed by atoms with Crippen LogP contribution in [-0.2, 0) is 37.0 Å². The van der Waals surface area contributed by atoms with Gasteiger partial charge in [-0.1, -0.05) is 11.6 Å². The van der Waals surface area contributed by atoms with Crippen LogP contribution in [0.4, 0.5) is 29.1 Å². The topological polar surface area (TPSA) is 115 Å². The molecule has 0 aliphatic carbocycles. The summed E-state index contributed by atoms with van der Waals surface area (Å²) < 4.78 is 70.5. The molecule has 1 aromatic carbocycles. The number of rotatable bonds is 6. The van der Waals surface area contributed by atoms with Gasteiger partial charge in [-0.25, -0.2) is 4.39 Å². The molecule has 6 heterocycles. The van der Waals surface area contributed by atoms with Crippen LogP contribution in [0.25, 0.3) is 0 Å². The number of aryl methyl sites for hydroxylation is 1. The molecule has 2 saturated heterocycles. The van der Waals surface area contributed by atoms with Gasteiger partial charge in [0.05, 0.1) is 53.1 Å². The van der Waals surface area contributed by atoms with Crippen molar-refractivity contribution in [3.63, 3.8) is 0 Å². The fraction of sp³-hybridized carbons (Fsp3) is 0.515. The number of alkyl halides is 3. The van der Waals surface area contributed by atoms with E-state index in [0.29, 0.717) is 73.7 Å². The Hall–Kier alpha value is -3.95. The Balaban J connectivity index is 1.25. The van der Waals surface area contributed by atoms with Gasteiger partial charge in [0.1, 0.15) is 12.4 Å². The number of hydrogen-bond donors (Lipinski definition) is 1. The third-order valence-corrected chi connectivity index (χ3v) is 10.2. The van der Waals surface area contributed by atoms with Crippen molar-refractivity contribution >= 4 is 29.0 Å². The zero-order chi connectivity index (χ0) is 34.7. The number of benzene rings is 1. The van der Waals surface area contributed by atoms with Crippen molar-refractivity contribution in [1.82, 2.24) is 29.5 Å². The second-order valence-electron chi connectivity index (χ2n) is 13.4. The van der Waals surface area contributed by atoms with Gasteiger partial charge in [-0.3, -0.25) is 14.4 Å². The van der Waals surface area contributed by atoms with Crippen molar-refractivity contribution in [2.45, 2.75) is 69.6 Å². The van der Waals surface area contributed by atoms with Crippen LogP contribution < -0.4 is 15.4 Å². The van der Waals surface area contributed by atoms with Gasteiger partial charge >= 0.3 is 12.2 Å². The van der Waals surface area contributed by atoms with Crippen LogP contribution in [0.1, 0.15) is 70.4 Å². The Morgan fingerprint density at radius 3 is 2.76 bits per heavy atom. The molecule has 7 rings (SSSR count). The molecule has 1 unspecified atom stereocenters. The van der Waals surface area contributed by atoms with Gasteiger partial charge in [-0.15, -0.1) is 0 Å². The molecule has 262 valence electrons. The molecule has 11 nitrogen and oxygen atoms in total. The molecule has 2 N–H and O–H groups in total. The number of fused-ring (bicyclic) bond motifs is 3. The number of nitrogens with zero attached hydrogens (tertiary/aromatic N) is 7. The molecule has 2 aromatic heterocycles. The van der Waals surface area contributed by atoms with Gasteiger partial charge in [-0.2, -0.15) is 28.2 Å². The first-order chi connectivity index (χ1) is 23.3.